The number of benzene rings is 2. The summed E-state index contributed by atoms with van der Waals surface area (Å²) in [7, 11) is 0. The van der Waals surface area contributed by atoms with Gasteiger partial charge in [0.05, 0.1) is 6.07 Å². The van der Waals surface area contributed by atoms with E-state index in [0.717, 1.165) is 11.1 Å². The maximum Gasteiger partial charge on any atom is 0.252 e. The van der Waals surface area contributed by atoms with Crippen LogP contribution >= 0.6 is 0 Å². The first kappa shape index (κ1) is 13.8. The molecule has 0 spiro atoms. The highest BCUT2D eigenvalue weighted by molar-refractivity contribution is 6.01. The van der Waals surface area contributed by atoms with Crippen LogP contribution in [0, 0.1) is 18.3 Å². The number of nitriles is 1. The van der Waals surface area contributed by atoms with Gasteiger partial charge in [-0.3, -0.25) is 4.79 Å². The molecule has 2 rings (SSSR count). The molecule has 0 aliphatic heterocycles. The smallest absolute Gasteiger partial charge is 0.252 e. The summed E-state index contributed by atoms with van der Waals surface area (Å²) in [6.45, 7) is 3.68. The van der Waals surface area contributed by atoms with Gasteiger partial charge in [-0.15, -0.1) is 0 Å². The molecular weight excluding hydrogens is 248 g/mol. The van der Waals surface area contributed by atoms with E-state index in [4.69, 9.17) is 5.26 Å². The maximum atomic E-state index is 12.2. The molecule has 2 aromatic rings. The summed E-state index contributed by atoms with van der Waals surface area (Å²) >= 11 is 0. The lowest BCUT2D eigenvalue weighted by Gasteiger charge is -2.11. The van der Waals surface area contributed by atoms with Crippen molar-refractivity contribution in [1.82, 2.24) is 5.32 Å². The molecule has 0 saturated carbocycles. The Morgan fingerprint density at radius 1 is 1.15 bits per heavy atom. The van der Waals surface area contributed by atoms with E-state index in [9.17, 15) is 4.79 Å². The van der Waals surface area contributed by atoms with Gasteiger partial charge in [0.15, 0.2) is 0 Å². The molecule has 0 radical (unpaired) electrons. The number of hydrogen-bond donors (Lipinski definition) is 1. The number of hydrogen-bond acceptors (Lipinski definition) is 2. The maximum absolute atomic E-state index is 12.2. The van der Waals surface area contributed by atoms with Gasteiger partial charge in [0.1, 0.15) is 6.04 Å². The normalized spacial score (nSPS) is 11.4. The van der Waals surface area contributed by atoms with E-state index in [1.165, 1.54) is 5.56 Å². The van der Waals surface area contributed by atoms with E-state index in [0.29, 0.717) is 5.56 Å². The number of rotatable bonds is 3. The molecule has 1 amide bonds. The van der Waals surface area contributed by atoms with Gasteiger partial charge >= 0.3 is 0 Å². The lowest BCUT2D eigenvalue weighted by atomic mass is 9.98. The van der Waals surface area contributed by atoms with E-state index >= 15 is 0 Å². The molecule has 0 bridgehead atoms. The Morgan fingerprint density at radius 2 is 1.80 bits per heavy atom. The topological polar surface area (TPSA) is 52.9 Å². The molecule has 1 unspecified atom stereocenters. The van der Waals surface area contributed by atoms with Gasteiger partial charge in [-0.05, 0) is 31.0 Å². The van der Waals surface area contributed by atoms with Crippen LogP contribution in [0.1, 0.15) is 22.8 Å². The predicted molar refractivity (Wildman–Crippen MR) is 79.2 cm³/mol. The van der Waals surface area contributed by atoms with Crippen LogP contribution in [0.15, 0.2) is 48.5 Å². The number of carbonyl (C=O) groups excluding carboxylic acids is 1. The van der Waals surface area contributed by atoms with E-state index in [2.05, 4.69) is 5.32 Å². The molecular formula is C17H16N2O. The zero-order chi connectivity index (χ0) is 14.5. The van der Waals surface area contributed by atoms with Gasteiger partial charge in [-0.25, -0.2) is 0 Å². The van der Waals surface area contributed by atoms with Crippen molar-refractivity contribution in [2.45, 2.75) is 19.9 Å². The van der Waals surface area contributed by atoms with E-state index in [-0.39, 0.29) is 5.91 Å². The van der Waals surface area contributed by atoms with Crippen molar-refractivity contribution < 1.29 is 4.79 Å². The number of amides is 1. The third-order valence-corrected chi connectivity index (χ3v) is 3.08. The fourth-order valence-electron chi connectivity index (χ4n) is 1.97. The van der Waals surface area contributed by atoms with Crippen molar-refractivity contribution in [3.63, 3.8) is 0 Å². The number of carbonyl (C=O) groups is 1. The summed E-state index contributed by atoms with van der Waals surface area (Å²) in [6.07, 6.45) is 0. The van der Waals surface area contributed by atoms with Crippen LogP contribution in [-0.2, 0) is 0 Å². The molecule has 1 atom stereocenters. The number of nitrogens with one attached hydrogen (secondary N) is 1. The Hall–Kier alpha value is -2.60. The van der Waals surface area contributed by atoms with Gasteiger partial charge in [-0.1, -0.05) is 48.0 Å². The van der Waals surface area contributed by atoms with Gasteiger partial charge in [-0.2, -0.15) is 5.26 Å². The lowest BCUT2D eigenvalue weighted by Crippen LogP contribution is -2.31. The third-order valence-electron chi connectivity index (χ3n) is 3.08. The molecule has 0 saturated heterocycles. The summed E-state index contributed by atoms with van der Waals surface area (Å²) in [6, 6.07) is 16.9. The second kappa shape index (κ2) is 6.03. The van der Waals surface area contributed by atoms with Crippen molar-refractivity contribution in [3.05, 3.63) is 59.7 Å². The minimum absolute atomic E-state index is 0.227. The molecule has 2 aromatic carbocycles. The van der Waals surface area contributed by atoms with Crippen molar-refractivity contribution in [3.8, 4) is 17.2 Å². The summed E-state index contributed by atoms with van der Waals surface area (Å²) in [5.74, 6) is -0.227. The van der Waals surface area contributed by atoms with Gasteiger partial charge in [0, 0.05) is 5.56 Å². The Balaban J connectivity index is 2.38. The summed E-state index contributed by atoms with van der Waals surface area (Å²) in [4.78, 5) is 12.2. The molecule has 100 valence electrons. The Bertz CT molecular complexity index is 653. The standard InChI is InChI=1S/C17H16N2O/c1-12-7-9-14(10-8-12)15-5-3-4-6-16(15)17(20)19-13(2)11-18/h3-10,13H,1-2H3,(H,19,20). The number of nitrogens with zero attached hydrogens (tertiary/aromatic N) is 1. The van der Waals surface area contributed by atoms with Gasteiger partial charge in [0.25, 0.3) is 5.91 Å². The largest absolute Gasteiger partial charge is 0.337 e. The fraction of sp³-hybridized carbons (Fsp3) is 0.176. The highest BCUT2D eigenvalue weighted by Crippen LogP contribution is 2.24. The zero-order valence-corrected chi connectivity index (χ0v) is 11.6. The summed E-state index contributed by atoms with van der Waals surface area (Å²) in [5, 5.41) is 11.5. The highest BCUT2D eigenvalue weighted by atomic mass is 16.1. The van der Waals surface area contributed by atoms with Crippen LogP contribution < -0.4 is 5.32 Å². The second-order valence-electron chi connectivity index (χ2n) is 4.74. The second-order valence-corrected chi connectivity index (χ2v) is 4.74. The summed E-state index contributed by atoms with van der Waals surface area (Å²) < 4.78 is 0. The van der Waals surface area contributed by atoms with E-state index in [1.807, 2.05) is 55.5 Å². The van der Waals surface area contributed by atoms with Crippen LogP contribution in [-0.4, -0.2) is 11.9 Å². The average molecular weight is 264 g/mol. The van der Waals surface area contributed by atoms with Crippen LogP contribution in [0.5, 0.6) is 0 Å². The zero-order valence-electron chi connectivity index (χ0n) is 11.6. The number of aryl methyl sites for hydroxylation is 1. The van der Waals surface area contributed by atoms with E-state index in [1.54, 1.807) is 13.0 Å². The summed E-state index contributed by atoms with van der Waals surface area (Å²) in [5.41, 5.74) is 3.62. The quantitative estimate of drug-likeness (QED) is 0.924. The SMILES string of the molecule is Cc1ccc(-c2ccccc2C(=O)NC(C)C#N)cc1. The molecule has 0 aliphatic carbocycles. The first-order chi connectivity index (χ1) is 9.61. The average Bonchev–Trinajstić information content (AvgIpc) is 2.48. The molecule has 3 nitrogen and oxygen atoms in total. The first-order valence-electron chi connectivity index (χ1n) is 6.48. The third kappa shape index (κ3) is 3.04. The highest BCUT2D eigenvalue weighted by Gasteiger charge is 2.13. The van der Waals surface area contributed by atoms with Crippen LogP contribution in [0.3, 0.4) is 0 Å². The van der Waals surface area contributed by atoms with Crippen LogP contribution in [0.25, 0.3) is 11.1 Å². The Kier molecular flexibility index (Phi) is 4.17. The monoisotopic (exact) mass is 264 g/mol. The Morgan fingerprint density at radius 3 is 2.45 bits per heavy atom. The van der Waals surface area contributed by atoms with Crippen LogP contribution in [0.4, 0.5) is 0 Å². The fourth-order valence-corrected chi connectivity index (χ4v) is 1.97. The molecule has 0 aliphatic rings. The Labute approximate surface area is 118 Å². The molecule has 3 heteroatoms. The molecule has 0 fully saturated rings. The van der Waals surface area contributed by atoms with Crippen molar-refractivity contribution >= 4 is 5.91 Å². The molecule has 0 heterocycles. The van der Waals surface area contributed by atoms with Crippen molar-refractivity contribution in [2.24, 2.45) is 0 Å². The lowest BCUT2D eigenvalue weighted by molar-refractivity contribution is 0.0948. The minimum Gasteiger partial charge on any atom is -0.337 e. The van der Waals surface area contributed by atoms with Gasteiger partial charge in [0.2, 0.25) is 0 Å². The first-order valence-corrected chi connectivity index (χ1v) is 6.48. The minimum atomic E-state index is -0.506. The predicted octanol–water partition coefficient (Wildman–Crippen LogP) is 3.30. The van der Waals surface area contributed by atoms with Crippen molar-refractivity contribution in [1.29, 1.82) is 5.26 Å². The molecule has 0 aromatic heterocycles. The van der Waals surface area contributed by atoms with Gasteiger partial charge < -0.3 is 5.32 Å². The van der Waals surface area contributed by atoms with Crippen LogP contribution in [0.2, 0.25) is 0 Å². The molecule has 1 N–H and O–H groups in total. The van der Waals surface area contributed by atoms with E-state index < -0.39 is 6.04 Å². The molecule has 20 heavy (non-hydrogen) atoms. The van der Waals surface area contributed by atoms with Crippen molar-refractivity contribution in [2.75, 3.05) is 0 Å².